The van der Waals surface area contributed by atoms with Crippen LogP contribution in [0.5, 0.6) is 11.5 Å². The van der Waals surface area contributed by atoms with E-state index in [0.29, 0.717) is 0 Å². The number of nitrogens with one attached hydrogen (secondary N) is 1. The highest BCUT2D eigenvalue weighted by atomic mass is 16.5. The molecule has 1 N–H and O–H groups in total. The minimum atomic E-state index is 0.0678. The van der Waals surface area contributed by atoms with Crippen LogP contribution in [0.3, 0.4) is 0 Å². The third kappa shape index (κ3) is 2.95. The van der Waals surface area contributed by atoms with E-state index in [0.717, 1.165) is 43.2 Å². The van der Waals surface area contributed by atoms with Crippen molar-refractivity contribution in [3.05, 3.63) is 18.2 Å². The summed E-state index contributed by atoms with van der Waals surface area (Å²) < 4.78 is 10.8. The van der Waals surface area contributed by atoms with Crippen molar-refractivity contribution in [3.63, 3.8) is 0 Å². The number of methoxy groups -OCH3 is 2. The monoisotopic (exact) mass is 264 g/mol. The van der Waals surface area contributed by atoms with Gasteiger partial charge in [-0.2, -0.15) is 0 Å². The SMILES string of the molecule is COc1ccc(N2CCCNCC2(C)C)c(OC)c1. The molecule has 1 heterocycles. The summed E-state index contributed by atoms with van der Waals surface area (Å²) in [5.74, 6) is 1.70. The zero-order valence-electron chi connectivity index (χ0n) is 12.3. The molecule has 19 heavy (non-hydrogen) atoms. The molecule has 0 aliphatic carbocycles. The van der Waals surface area contributed by atoms with Crippen molar-refractivity contribution in [1.82, 2.24) is 5.32 Å². The molecule has 4 heteroatoms. The van der Waals surface area contributed by atoms with Crippen molar-refractivity contribution in [3.8, 4) is 11.5 Å². The Labute approximate surface area is 115 Å². The van der Waals surface area contributed by atoms with Crippen LogP contribution in [-0.4, -0.2) is 39.4 Å². The van der Waals surface area contributed by atoms with Gasteiger partial charge in [-0.3, -0.25) is 0 Å². The number of rotatable bonds is 3. The lowest BCUT2D eigenvalue weighted by Crippen LogP contribution is -2.48. The maximum Gasteiger partial charge on any atom is 0.145 e. The summed E-state index contributed by atoms with van der Waals surface area (Å²) in [6.07, 6.45) is 1.14. The minimum Gasteiger partial charge on any atom is -0.497 e. The van der Waals surface area contributed by atoms with E-state index in [-0.39, 0.29) is 5.54 Å². The number of hydrogen-bond donors (Lipinski definition) is 1. The van der Waals surface area contributed by atoms with E-state index in [9.17, 15) is 0 Å². The lowest BCUT2D eigenvalue weighted by atomic mass is 10.0. The zero-order chi connectivity index (χ0) is 13.9. The maximum atomic E-state index is 5.53. The van der Waals surface area contributed by atoms with E-state index >= 15 is 0 Å². The Balaban J connectivity index is 2.38. The Bertz CT molecular complexity index is 432. The first-order valence-electron chi connectivity index (χ1n) is 6.79. The number of ether oxygens (including phenoxy) is 2. The third-order valence-electron chi connectivity index (χ3n) is 3.70. The fourth-order valence-electron chi connectivity index (χ4n) is 2.61. The molecule has 0 atom stereocenters. The van der Waals surface area contributed by atoms with E-state index in [1.807, 2.05) is 12.1 Å². The fourth-order valence-corrected chi connectivity index (χ4v) is 2.61. The highest BCUT2D eigenvalue weighted by Gasteiger charge is 2.30. The fraction of sp³-hybridized carbons (Fsp3) is 0.600. The molecule has 0 unspecified atom stereocenters. The number of hydrogen-bond acceptors (Lipinski definition) is 4. The van der Waals surface area contributed by atoms with Crippen molar-refractivity contribution in [2.75, 3.05) is 38.8 Å². The van der Waals surface area contributed by atoms with Gasteiger partial charge in [-0.25, -0.2) is 0 Å². The molecule has 4 nitrogen and oxygen atoms in total. The van der Waals surface area contributed by atoms with Crippen LogP contribution in [0.1, 0.15) is 20.3 Å². The molecule has 0 aromatic heterocycles. The molecular weight excluding hydrogens is 240 g/mol. The summed E-state index contributed by atoms with van der Waals surface area (Å²) in [6.45, 7) is 7.59. The van der Waals surface area contributed by atoms with E-state index in [2.05, 4.69) is 30.1 Å². The standard InChI is InChI=1S/C15H24N2O2/c1-15(2)11-16-8-5-9-17(15)13-7-6-12(18-3)10-14(13)19-4/h6-7,10,16H,5,8-9,11H2,1-4H3. The highest BCUT2D eigenvalue weighted by Crippen LogP contribution is 2.36. The quantitative estimate of drug-likeness (QED) is 0.908. The molecule has 0 radical (unpaired) electrons. The smallest absolute Gasteiger partial charge is 0.145 e. The second-order valence-electron chi connectivity index (χ2n) is 5.53. The lowest BCUT2D eigenvalue weighted by Gasteiger charge is -2.39. The Morgan fingerprint density at radius 3 is 2.68 bits per heavy atom. The van der Waals surface area contributed by atoms with E-state index in [1.165, 1.54) is 0 Å². The molecule has 2 rings (SSSR count). The van der Waals surface area contributed by atoms with Gasteiger partial charge in [0, 0.05) is 24.7 Å². The van der Waals surface area contributed by atoms with Crippen molar-refractivity contribution in [1.29, 1.82) is 0 Å². The lowest BCUT2D eigenvalue weighted by molar-refractivity contribution is 0.389. The molecule has 106 valence electrons. The van der Waals surface area contributed by atoms with Gasteiger partial charge in [0.2, 0.25) is 0 Å². The van der Waals surface area contributed by atoms with Crippen molar-refractivity contribution in [2.45, 2.75) is 25.8 Å². The maximum absolute atomic E-state index is 5.53. The highest BCUT2D eigenvalue weighted by molar-refractivity contribution is 5.62. The Hall–Kier alpha value is -1.42. The van der Waals surface area contributed by atoms with Crippen LogP contribution in [0.25, 0.3) is 0 Å². The molecule has 0 amide bonds. The summed E-state index contributed by atoms with van der Waals surface area (Å²) in [5, 5.41) is 3.49. The minimum absolute atomic E-state index is 0.0678. The normalized spacial score (nSPS) is 18.8. The molecular formula is C15H24N2O2. The first kappa shape index (κ1) is 14.0. The zero-order valence-corrected chi connectivity index (χ0v) is 12.3. The van der Waals surface area contributed by atoms with Crippen LogP contribution in [-0.2, 0) is 0 Å². The van der Waals surface area contributed by atoms with Gasteiger partial charge >= 0.3 is 0 Å². The van der Waals surface area contributed by atoms with Crippen LogP contribution >= 0.6 is 0 Å². The van der Waals surface area contributed by atoms with E-state index < -0.39 is 0 Å². The second-order valence-corrected chi connectivity index (χ2v) is 5.53. The van der Waals surface area contributed by atoms with E-state index in [1.54, 1.807) is 14.2 Å². The Kier molecular flexibility index (Phi) is 4.20. The summed E-state index contributed by atoms with van der Waals surface area (Å²) in [5.41, 5.74) is 1.20. The van der Waals surface area contributed by atoms with E-state index in [4.69, 9.17) is 9.47 Å². The van der Waals surface area contributed by atoms with Crippen LogP contribution in [0.4, 0.5) is 5.69 Å². The topological polar surface area (TPSA) is 33.7 Å². The number of nitrogens with zero attached hydrogens (tertiary/aromatic N) is 1. The van der Waals surface area contributed by atoms with Crippen LogP contribution in [0.15, 0.2) is 18.2 Å². The molecule has 0 spiro atoms. The summed E-state index contributed by atoms with van der Waals surface area (Å²) in [7, 11) is 3.38. The number of anilines is 1. The van der Waals surface area contributed by atoms with Crippen LogP contribution in [0.2, 0.25) is 0 Å². The Morgan fingerprint density at radius 2 is 2.00 bits per heavy atom. The first-order valence-corrected chi connectivity index (χ1v) is 6.79. The van der Waals surface area contributed by atoms with Crippen LogP contribution < -0.4 is 19.7 Å². The van der Waals surface area contributed by atoms with Gasteiger partial charge in [-0.15, -0.1) is 0 Å². The van der Waals surface area contributed by atoms with Crippen molar-refractivity contribution >= 4 is 5.69 Å². The summed E-state index contributed by atoms with van der Waals surface area (Å²) >= 11 is 0. The molecule has 0 saturated carbocycles. The summed E-state index contributed by atoms with van der Waals surface area (Å²) in [4.78, 5) is 2.42. The summed E-state index contributed by atoms with van der Waals surface area (Å²) in [6, 6.07) is 6.03. The average molecular weight is 264 g/mol. The predicted molar refractivity (Wildman–Crippen MR) is 78.5 cm³/mol. The molecule has 1 aromatic rings. The predicted octanol–water partition coefficient (Wildman–Crippen LogP) is 2.28. The van der Waals surface area contributed by atoms with Crippen molar-refractivity contribution < 1.29 is 9.47 Å². The first-order chi connectivity index (χ1) is 9.08. The van der Waals surface area contributed by atoms with Crippen LogP contribution in [0, 0.1) is 0 Å². The van der Waals surface area contributed by atoms with Gasteiger partial charge < -0.3 is 19.7 Å². The Morgan fingerprint density at radius 1 is 1.21 bits per heavy atom. The van der Waals surface area contributed by atoms with Gasteiger partial charge in [0.15, 0.2) is 0 Å². The third-order valence-corrected chi connectivity index (χ3v) is 3.70. The average Bonchev–Trinajstić information content (AvgIpc) is 2.58. The van der Waals surface area contributed by atoms with Gasteiger partial charge in [-0.1, -0.05) is 0 Å². The molecule has 1 saturated heterocycles. The van der Waals surface area contributed by atoms with Crippen molar-refractivity contribution in [2.24, 2.45) is 0 Å². The number of benzene rings is 1. The molecule has 1 aliphatic rings. The molecule has 0 bridgehead atoms. The van der Waals surface area contributed by atoms with Gasteiger partial charge in [-0.05, 0) is 38.9 Å². The second kappa shape index (κ2) is 5.70. The largest absolute Gasteiger partial charge is 0.497 e. The molecule has 1 aliphatic heterocycles. The van der Waals surface area contributed by atoms with Gasteiger partial charge in [0.25, 0.3) is 0 Å². The molecule has 1 aromatic carbocycles. The molecule has 1 fully saturated rings. The van der Waals surface area contributed by atoms with Gasteiger partial charge in [0.1, 0.15) is 11.5 Å². The van der Waals surface area contributed by atoms with Gasteiger partial charge in [0.05, 0.1) is 19.9 Å².